The lowest BCUT2D eigenvalue weighted by Crippen LogP contribution is -2.32. The molecule has 144 valence electrons. The Balaban J connectivity index is 2.32. The van der Waals surface area contributed by atoms with Gasteiger partial charge in [0.05, 0.1) is 13.2 Å². The van der Waals surface area contributed by atoms with E-state index in [0.717, 1.165) is 18.8 Å². The van der Waals surface area contributed by atoms with Gasteiger partial charge in [-0.1, -0.05) is 64.0 Å². The molecule has 26 heavy (non-hydrogen) atoms. The molecule has 1 aromatic carbocycles. The maximum Gasteiger partial charge on any atom is 0.118 e. The van der Waals surface area contributed by atoms with Gasteiger partial charge in [0.1, 0.15) is 5.75 Å². The molecule has 0 heterocycles. The zero-order chi connectivity index (χ0) is 18.8. The Labute approximate surface area is 160 Å². The van der Waals surface area contributed by atoms with Gasteiger partial charge in [0.15, 0.2) is 0 Å². The first-order valence-corrected chi connectivity index (χ1v) is 10.5. The summed E-state index contributed by atoms with van der Waals surface area (Å²) in [6, 6.07) is 9.04. The molecule has 0 spiro atoms. The maximum absolute atomic E-state index is 5.37. The number of hydrogen-bond donors (Lipinski definition) is 0. The van der Waals surface area contributed by atoms with Crippen LogP contribution in [-0.2, 0) is 0 Å². The molecule has 2 nitrogen and oxygen atoms in total. The van der Waals surface area contributed by atoms with Gasteiger partial charge in [0.25, 0.3) is 0 Å². The molecule has 0 saturated carbocycles. The minimum absolute atomic E-state index is 0.355. The fourth-order valence-corrected chi connectivity index (χ4v) is 3.68. The third-order valence-electron chi connectivity index (χ3n) is 5.45. The van der Waals surface area contributed by atoms with Crippen molar-refractivity contribution < 1.29 is 4.74 Å². The molecule has 0 fully saturated rings. The Bertz CT molecular complexity index is 564. The zero-order valence-corrected chi connectivity index (χ0v) is 17.2. The van der Waals surface area contributed by atoms with Crippen LogP contribution in [0.1, 0.15) is 70.9 Å². The fourth-order valence-electron chi connectivity index (χ4n) is 3.68. The van der Waals surface area contributed by atoms with Crippen LogP contribution in [0.15, 0.2) is 48.1 Å². The molecule has 0 aromatic heterocycles. The average Bonchev–Trinajstić information content (AvgIpc) is 2.70. The summed E-state index contributed by atoms with van der Waals surface area (Å²) in [4.78, 5) is 2.69. The van der Waals surface area contributed by atoms with Crippen molar-refractivity contribution >= 4 is 0 Å². The first-order chi connectivity index (χ1) is 12.7. The molecule has 0 amide bonds. The number of nitrogens with zero attached hydrogens (tertiary/aromatic N) is 1. The second-order valence-corrected chi connectivity index (χ2v) is 7.39. The summed E-state index contributed by atoms with van der Waals surface area (Å²) in [6.45, 7) is 9.17. The van der Waals surface area contributed by atoms with Gasteiger partial charge in [-0.2, -0.15) is 0 Å². The van der Waals surface area contributed by atoms with Gasteiger partial charge in [-0.3, -0.25) is 4.90 Å². The number of unbranched alkanes of at least 4 members (excludes halogenated alkanes) is 2. The van der Waals surface area contributed by atoms with Crippen LogP contribution in [0, 0.1) is 5.92 Å². The summed E-state index contributed by atoms with van der Waals surface area (Å²) in [7, 11) is 1.73. The van der Waals surface area contributed by atoms with Gasteiger partial charge in [-0.25, -0.2) is 0 Å². The van der Waals surface area contributed by atoms with Crippen LogP contribution in [0.25, 0.3) is 0 Å². The van der Waals surface area contributed by atoms with Gasteiger partial charge in [-0.15, -0.1) is 0 Å². The monoisotopic (exact) mass is 355 g/mol. The van der Waals surface area contributed by atoms with E-state index >= 15 is 0 Å². The van der Waals surface area contributed by atoms with E-state index in [2.05, 4.69) is 68.2 Å². The highest BCUT2D eigenvalue weighted by atomic mass is 16.5. The number of ether oxygens (including phenoxy) is 1. The van der Waals surface area contributed by atoms with E-state index in [0.29, 0.717) is 12.0 Å². The molecule has 0 aliphatic heterocycles. The molecule has 0 radical (unpaired) electrons. The number of allylic oxidation sites excluding steroid dienone is 2. The van der Waals surface area contributed by atoms with Gasteiger partial charge in [0.2, 0.25) is 0 Å². The van der Waals surface area contributed by atoms with Gasteiger partial charge >= 0.3 is 0 Å². The molecular formula is C24H37NO. The second kappa shape index (κ2) is 11.2. The standard InChI is InChI=1S/C24H37NO/c1-5-8-18-25(19-9-6-2)24(21-12-10-20(7-3)11-13-21)22-14-16-23(26-4)17-15-22/h10,12-17,20,24H,5-9,11,18-19H2,1-4H3. The smallest absolute Gasteiger partial charge is 0.118 e. The summed E-state index contributed by atoms with van der Waals surface area (Å²) in [6.07, 6.45) is 14.7. The highest BCUT2D eigenvalue weighted by Gasteiger charge is 2.24. The molecule has 0 saturated heterocycles. The third-order valence-corrected chi connectivity index (χ3v) is 5.45. The largest absolute Gasteiger partial charge is 0.497 e. The van der Waals surface area contributed by atoms with Crippen LogP contribution in [-0.4, -0.2) is 25.1 Å². The minimum atomic E-state index is 0.355. The predicted molar refractivity (Wildman–Crippen MR) is 113 cm³/mol. The van der Waals surface area contributed by atoms with Crippen molar-refractivity contribution in [3.8, 4) is 5.75 Å². The van der Waals surface area contributed by atoms with E-state index in [9.17, 15) is 0 Å². The Morgan fingerprint density at radius 2 is 1.69 bits per heavy atom. The normalized spacial score (nSPS) is 18.0. The predicted octanol–water partition coefficient (Wildman–Crippen LogP) is 6.55. The van der Waals surface area contributed by atoms with E-state index in [1.807, 2.05) is 0 Å². The fraction of sp³-hybridized carbons (Fsp3) is 0.583. The number of benzene rings is 1. The highest BCUT2D eigenvalue weighted by molar-refractivity contribution is 5.39. The van der Waals surface area contributed by atoms with E-state index in [1.54, 1.807) is 7.11 Å². The SMILES string of the molecule is CCCCN(CCCC)C(C1=CCC(CC)C=C1)c1ccc(OC)cc1. The summed E-state index contributed by atoms with van der Waals surface area (Å²) >= 11 is 0. The van der Waals surface area contributed by atoms with Gasteiger partial charge in [-0.05, 0) is 68.0 Å². The van der Waals surface area contributed by atoms with Crippen molar-refractivity contribution in [1.29, 1.82) is 0 Å². The van der Waals surface area contributed by atoms with Crippen molar-refractivity contribution in [3.05, 3.63) is 53.6 Å². The van der Waals surface area contributed by atoms with E-state index < -0.39 is 0 Å². The van der Waals surface area contributed by atoms with Gasteiger partial charge < -0.3 is 4.74 Å². The molecule has 0 N–H and O–H groups in total. The van der Waals surface area contributed by atoms with Crippen LogP contribution >= 0.6 is 0 Å². The van der Waals surface area contributed by atoms with Crippen LogP contribution in [0.5, 0.6) is 5.75 Å². The maximum atomic E-state index is 5.37. The van der Waals surface area contributed by atoms with Crippen molar-refractivity contribution in [2.24, 2.45) is 5.92 Å². The number of hydrogen-bond acceptors (Lipinski definition) is 2. The van der Waals surface area contributed by atoms with E-state index in [4.69, 9.17) is 4.74 Å². The van der Waals surface area contributed by atoms with Gasteiger partial charge in [0, 0.05) is 0 Å². The average molecular weight is 356 g/mol. The Kier molecular flexibility index (Phi) is 8.97. The van der Waals surface area contributed by atoms with Crippen LogP contribution in [0.3, 0.4) is 0 Å². The molecule has 0 bridgehead atoms. The molecule has 1 aliphatic rings. The lowest BCUT2D eigenvalue weighted by molar-refractivity contribution is 0.217. The van der Waals surface area contributed by atoms with Crippen molar-refractivity contribution in [3.63, 3.8) is 0 Å². The highest BCUT2D eigenvalue weighted by Crippen LogP contribution is 2.34. The summed E-state index contributed by atoms with van der Waals surface area (Å²) < 4.78 is 5.37. The molecular weight excluding hydrogens is 318 g/mol. The number of rotatable bonds is 11. The van der Waals surface area contributed by atoms with Crippen molar-refractivity contribution in [2.75, 3.05) is 20.2 Å². The van der Waals surface area contributed by atoms with Crippen LogP contribution in [0.2, 0.25) is 0 Å². The molecule has 2 unspecified atom stereocenters. The Morgan fingerprint density at radius 3 is 2.15 bits per heavy atom. The molecule has 2 atom stereocenters. The minimum Gasteiger partial charge on any atom is -0.497 e. The van der Waals surface area contributed by atoms with E-state index in [-0.39, 0.29) is 0 Å². The molecule has 2 heteroatoms. The first kappa shape index (κ1) is 20.8. The topological polar surface area (TPSA) is 12.5 Å². The number of methoxy groups -OCH3 is 1. The summed E-state index contributed by atoms with van der Waals surface area (Å²) in [5.74, 6) is 1.63. The summed E-state index contributed by atoms with van der Waals surface area (Å²) in [5, 5.41) is 0. The Hall–Kier alpha value is -1.54. The van der Waals surface area contributed by atoms with Crippen LogP contribution in [0.4, 0.5) is 0 Å². The summed E-state index contributed by atoms with van der Waals surface area (Å²) in [5.41, 5.74) is 2.84. The second-order valence-electron chi connectivity index (χ2n) is 7.39. The molecule has 2 rings (SSSR count). The Morgan fingerprint density at radius 1 is 1.04 bits per heavy atom. The third kappa shape index (κ3) is 5.74. The molecule has 1 aromatic rings. The zero-order valence-electron chi connectivity index (χ0n) is 17.2. The van der Waals surface area contributed by atoms with E-state index in [1.165, 1.54) is 49.7 Å². The lowest BCUT2D eigenvalue weighted by atomic mass is 9.88. The lowest BCUT2D eigenvalue weighted by Gasteiger charge is -2.34. The van der Waals surface area contributed by atoms with Crippen molar-refractivity contribution in [1.82, 2.24) is 4.90 Å². The quantitative estimate of drug-likeness (QED) is 0.446. The molecule has 1 aliphatic carbocycles. The first-order valence-electron chi connectivity index (χ1n) is 10.5. The van der Waals surface area contributed by atoms with Crippen LogP contribution < -0.4 is 4.74 Å². The van der Waals surface area contributed by atoms with Crippen molar-refractivity contribution in [2.45, 2.75) is 65.3 Å².